The SMILES string of the molecule is O=C(NCC1COc2ccccc2C1)N1CCc2ccccc21. The van der Waals surface area contributed by atoms with Crippen molar-refractivity contribution in [3.05, 3.63) is 59.7 Å². The Kier molecular flexibility index (Phi) is 3.66. The number of fused-ring (bicyclic) bond motifs is 2. The van der Waals surface area contributed by atoms with Crippen LogP contribution in [0.1, 0.15) is 11.1 Å². The topological polar surface area (TPSA) is 41.6 Å². The number of benzene rings is 2. The van der Waals surface area contributed by atoms with Gasteiger partial charge < -0.3 is 10.1 Å². The van der Waals surface area contributed by atoms with Crippen molar-refractivity contribution in [3.8, 4) is 5.75 Å². The summed E-state index contributed by atoms with van der Waals surface area (Å²) in [4.78, 5) is 14.3. The van der Waals surface area contributed by atoms with Gasteiger partial charge in [-0.3, -0.25) is 4.90 Å². The number of ether oxygens (including phenoxy) is 1. The predicted molar refractivity (Wildman–Crippen MR) is 90.0 cm³/mol. The van der Waals surface area contributed by atoms with Gasteiger partial charge in [-0.2, -0.15) is 0 Å². The van der Waals surface area contributed by atoms with Crippen LogP contribution in [0.15, 0.2) is 48.5 Å². The molecule has 1 N–H and O–H groups in total. The third kappa shape index (κ3) is 2.77. The number of nitrogens with one attached hydrogen (secondary N) is 1. The predicted octanol–water partition coefficient (Wildman–Crippen LogP) is 3.01. The Bertz CT molecular complexity index is 729. The zero-order valence-corrected chi connectivity index (χ0v) is 13.0. The van der Waals surface area contributed by atoms with Gasteiger partial charge in [-0.25, -0.2) is 4.79 Å². The molecule has 4 nitrogen and oxygen atoms in total. The van der Waals surface area contributed by atoms with E-state index in [9.17, 15) is 4.79 Å². The lowest BCUT2D eigenvalue weighted by molar-refractivity contribution is 0.213. The summed E-state index contributed by atoms with van der Waals surface area (Å²) in [5.74, 6) is 1.30. The summed E-state index contributed by atoms with van der Waals surface area (Å²) in [6.45, 7) is 2.06. The highest BCUT2D eigenvalue weighted by molar-refractivity contribution is 5.94. The van der Waals surface area contributed by atoms with Gasteiger partial charge in [-0.05, 0) is 36.1 Å². The van der Waals surface area contributed by atoms with Gasteiger partial charge >= 0.3 is 6.03 Å². The Morgan fingerprint density at radius 3 is 2.83 bits per heavy atom. The number of carbonyl (C=O) groups is 1. The van der Waals surface area contributed by atoms with Gasteiger partial charge in [0.15, 0.2) is 0 Å². The maximum Gasteiger partial charge on any atom is 0.321 e. The van der Waals surface area contributed by atoms with Gasteiger partial charge in [-0.15, -0.1) is 0 Å². The van der Waals surface area contributed by atoms with E-state index in [1.807, 2.05) is 41.3 Å². The molecule has 4 rings (SSSR count). The molecule has 0 spiro atoms. The third-order valence-electron chi connectivity index (χ3n) is 4.63. The second-order valence-corrected chi connectivity index (χ2v) is 6.21. The van der Waals surface area contributed by atoms with Crippen molar-refractivity contribution < 1.29 is 9.53 Å². The molecule has 2 amide bonds. The van der Waals surface area contributed by atoms with E-state index in [1.54, 1.807) is 0 Å². The van der Waals surface area contributed by atoms with E-state index in [0.29, 0.717) is 19.1 Å². The Balaban J connectivity index is 1.36. The second-order valence-electron chi connectivity index (χ2n) is 6.21. The fourth-order valence-corrected chi connectivity index (χ4v) is 3.40. The van der Waals surface area contributed by atoms with E-state index >= 15 is 0 Å². The number of carbonyl (C=O) groups excluding carboxylic acids is 1. The summed E-state index contributed by atoms with van der Waals surface area (Å²) < 4.78 is 5.79. The van der Waals surface area contributed by atoms with Crippen LogP contribution in [0.25, 0.3) is 0 Å². The lowest BCUT2D eigenvalue weighted by Gasteiger charge is -2.26. The van der Waals surface area contributed by atoms with E-state index in [1.165, 1.54) is 11.1 Å². The molecule has 0 aliphatic carbocycles. The average molecular weight is 308 g/mol. The molecule has 2 aromatic carbocycles. The Hall–Kier alpha value is -2.49. The number of para-hydroxylation sites is 2. The van der Waals surface area contributed by atoms with Crippen LogP contribution in [-0.2, 0) is 12.8 Å². The van der Waals surface area contributed by atoms with Crippen molar-refractivity contribution in [1.82, 2.24) is 5.32 Å². The Labute approximate surface area is 136 Å². The first-order chi connectivity index (χ1) is 11.3. The molecule has 0 saturated carbocycles. The van der Waals surface area contributed by atoms with Crippen LogP contribution in [0.2, 0.25) is 0 Å². The lowest BCUT2D eigenvalue weighted by atomic mass is 9.97. The van der Waals surface area contributed by atoms with Gasteiger partial charge in [0.2, 0.25) is 0 Å². The zero-order valence-electron chi connectivity index (χ0n) is 13.0. The summed E-state index contributed by atoms with van der Waals surface area (Å²) in [5.41, 5.74) is 3.51. The molecule has 1 unspecified atom stereocenters. The van der Waals surface area contributed by atoms with Crippen molar-refractivity contribution >= 4 is 11.7 Å². The summed E-state index contributed by atoms with van der Waals surface area (Å²) in [6, 6.07) is 16.2. The number of nitrogens with zero attached hydrogens (tertiary/aromatic N) is 1. The van der Waals surface area contributed by atoms with Crippen LogP contribution >= 0.6 is 0 Å². The van der Waals surface area contributed by atoms with Crippen LogP contribution in [0.3, 0.4) is 0 Å². The van der Waals surface area contributed by atoms with E-state index in [4.69, 9.17) is 4.74 Å². The molecule has 2 heterocycles. The number of urea groups is 1. The van der Waals surface area contributed by atoms with Crippen LogP contribution in [0, 0.1) is 5.92 Å². The van der Waals surface area contributed by atoms with Crippen molar-refractivity contribution in [3.63, 3.8) is 0 Å². The minimum absolute atomic E-state index is 0.00573. The van der Waals surface area contributed by atoms with Crippen molar-refractivity contribution in [2.45, 2.75) is 12.8 Å². The van der Waals surface area contributed by atoms with Crippen LogP contribution in [0.4, 0.5) is 10.5 Å². The Morgan fingerprint density at radius 1 is 1.13 bits per heavy atom. The van der Waals surface area contributed by atoms with Crippen molar-refractivity contribution in [1.29, 1.82) is 0 Å². The number of anilines is 1. The normalized spacial score (nSPS) is 18.8. The first-order valence-electron chi connectivity index (χ1n) is 8.15. The highest BCUT2D eigenvalue weighted by Gasteiger charge is 2.25. The minimum Gasteiger partial charge on any atom is -0.493 e. The molecule has 118 valence electrons. The van der Waals surface area contributed by atoms with Gasteiger partial charge in [0.25, 0.3) is 0 Å². The monoisotopic (exact) mass is 308 g/mol. The quantitative estimate of drug-likeness (QED) is 0.926. The smallest absolute Gasteiger partial charge is 0.321 e. The maximum absolute atomic E-state index is 12.5. The Morgan fingerprint density at radius 2 is 1.91 bits per heavy atom. The average Bonchev–Trinajstić information content (AvgIpc) is 3.03. The molecular weight excluding hydrogens is 288 g/mol. The zero-order chi connectivity index (χ0) is 15.6. The van der Waals surface area contributed by atoms with E-state index in [-0.39, 0.29) is 6.03 Å². The standard InChI is InChI=1S/C19H20N2O2/c22-19(21-10-9-15-5-1-3-7-17(15)21)20-12-14-11-16-6-2-4-8-18(16)23-13-14/h1-8,14H,9-13H2,(H,20,22). The summed E-state index contributed by atoms with van der Waals surface area (Å²) in [5, 5.41) is 3.07. The largest absolute Gasteiger partial charge is 0.493 e. The number of hydrogen-bond acceptors (Lipinski definition) is 2. The second kappa shape index (κ2) is 5.95. The summed E-state index contributed by atoms with van der Waals surface area (Å²) >= 11 is 0. The summed E-state index contributed by atoms with van der Waals surface area (Å²) in [7, 11) is 0. The maximum atomic E-state index is 12.5. The van der Waals surface area contributed by atoms with E-state index in [2.05, 4.69) is 17.4 Å². The minimum atomic E-state index is -0.00573. The fourth-order valence-electron chi connectivity index (χ4n) is 3.40. The molecule has 0 fully saturated rings. The van der Waals surface area contributed by atoms with Crippen LogP contribution in [-0.4, -0.2) is 25.7 Å². The molecular formula is C19H20N2O2. The molecule has 0 saturated heterocycles. The van der Waals surface area contributed by atoms with Gasteiger partial charge in [-0.1, -0.05) is 36.4 Å². The molecule has 0 radical (unpaired) electrons. The molecule has 0 aromatic heterocycles. The molecule has 1 atom stereocenters. The molecule has 2 aliphatic heterocycles. The molecule has 2 aliphatic rings. The van der Waals surface area contributed by atoms with Gasteiger partial charge in [0, 0.05) is 24.7 Å². The molecule has 4 heteroatoms. The highest BCUT2D eigenvalue weighted by atomic mass is 16.5. The first-order valence-corrected chi connectivity index (χ1v) is 8.15. The molecule has 23 heavy (non-hydrogen) atoms. The number of hydrogen-bond donors (Lipinski definition) is 1. The lowest BCUT2D eigenvalue weighted by Crippen LogP contribution is -2.42. The van der Waals surface area contributed by atoms with Gasteiger partial charge in [0.1, 0.15) is 5.75 Å². The molecule has 0 bridgehead atoms. The van der Waals surface area contributed by atoms with E-state index < -0.39 is 0 Å². The highest BCUT2D eigenvalue weighted by Crippen LogP contribution is 2.28. The van der Waals surface area contributed by atoms with Crippen LogP contribution in [0.5, 0.6) is 5.75 Å². The number of rotatable bonds is 2. The number of amides is 2. The fraction of sp³-hybridized carbons (Fsp3) is 0.316. The van der Waals surface area contributed by atoms with Gasteiger partial charge in [0.05, 0.1) is 6.61 Å². The summed E-state index contributed by atoms with van der Waals surface area (Å²) in [6.07, 6.45) is 1.89. The van der Waals surface area contributed by atoms with Crippen molar-refractivity contribution in [2.75, 3.05) is 24.6 Å². The van der Waals surface area contributed by atoms with Crippen LogP contribution < -0.4 is 15.0 Å². The third-order valence-corrected chi connectivity index (χ3v) is 4.63. The van der Waals surface area contributed by atoms with Crippen molar-refractivity contribution in [2.24, 2.45) is 5.92 Å². The van der Waals surface area contributed by atoms with E-state index in [0.717, 1.165) is 30.8 Å². The molecule has 2 aromatic rings. The first kappa shape index (κ1) is 14.1.